The maximum absolute atomic E-state index is 13.1. The number of carbonyl (C=O) groups excluding carboxylic acids is 1. The Morgan fingerprint density at radius 1 is 0.960 bits per heavy atom. The number of amides is 1. The lowest BCUT2D eigenvalue weighted by atomic mass is 10.0. The maximum Gasteiger partial charge on any atom is 0.254 e. The van der Waals surface area contributed by atoms with Gasteiger partial charge in [0.2, 0.25) is 0 Å². The molecule has 1 aliphatic heterocycles. The first-order chi connectivity index (χ1) is 12.3. The predicted octanol–water partition coefficient (Wildman–Crippen LogP) is 3.84. The van der Waals surface area contributed by atoms with Crippen molar-refractivity contribution in [2.24, 2.45) is 0 Å². The van der Waals surface area contributed by atoms with Gasteiger partial charge in [0.05, 0.1) is 0 Å². The first kappa shape index (κ1) is 15.9. The van der Waals surface area contributed by atoms with Crippen molar-refractivity contribution in [3.05, 3.63) is 83.9 Å². The molecule has 0 unspecified atom stereocenters. The second kappa shape index (κ2) is 7.08. The average molecular weight is 330 g/mol. The highest BCUT2D eigenvalue weighted by atomic mass is 16.2. The molecule has 1 aliphatic rings. The summed E-state index contributed by atoms with van der Waals surface area (Å²) >= 11 is 0. The molecule has 1 fully saturated rings. The van der Waals surface area contributed by atoms with Crippen LogP contribution in [0.1, 0.15) is 22.3 Å². The Hall–Kier alpha value is -2.65. The van der Waals surface area contributed by atoms with Crippen LogP contribution in [-0.2, 0) is 6.54 Å². The van der Waals surface area contributed by atoms with Gasteiger partial charge in [0.1, 0.15) is 0 Å². The fraction of sp³-hybridized carbons (Fsp3) is 0.227. The number of rotatable bonds is 4. The summed E-state index contributed by atoms with van der Waals surface area (Å²) in [4.78, 5) is 15.1. The SMILES string of the molecule is O=C(c1ccccc1)N(Cc1ccc2ccccc2c1)[C@H]1CCNC1. The van der Waals surface area contributed by atoms with Crippen molar-refractivity contribution in [2.75, 3.05) is 13.1 Å². The Morgan fingerprint density at radius 3 is 2.48 bits per heavy atom. The molecule has 4 rings (SSSR count). The van der Waals surface area contributed by atoms with Crippen molar-refractivity contribution in [3.8, 4) is 0 Å². The van der Waals surface area contributed by atoms with Gasteiger partial charge in [-0.25, -0.2) is 0 Å². The fourth-order valence-corrected chi connectivity index (χ4v) is 3.55. The molecule has 3 nitrogen and oxygen atoms in total. The summed E-state index contributed by atoms with van der Waals surface area (Å²) in [5.74, 6) is 0.113. The van der Waals surface area contributed by atoms with Crippen molar-refractivity contribution >= 4 is 16.7 Å². The molecule has 0 aliphatic carbocycles. The number of hydrogen-bond acceptors (Lipinski definition) is 2. The zero-order valence-electron chi connectivity index (χ0n) is 14.2. The van der Waals surface area contributed by atoms with E-state index in [1.807, 2.05) is 35.2 Å². The zero-order chi connectivity index (χ0) is 17.1. The Labute approximate surface area is 148 Å². The third-order valence-corrected chi connectivity index (χ3v) is 4.92. The molecule has 1 saturated heterocycles. The monoisotopic (exact) mass is 330 g/mol. The molecule has 126 valence electrons. The van der Waals surface area contributed by atoms with E-state index in [1.54, 1.807) is 0 Å². The Morgan fingerprint density at radius 2 is 1.72 bits per heavy atom. The van der Waals surface area contributed by atoms with E-state index in [1.165, 1.54) is 16.3 Å². The molecule has 1 N–H and O–H groups in total. The summed E-state index contributed by atoms with van der Waals surface area (Å²) in [5, 5.41) is 5.83. The van der Waals surface area contributed by atoms with Crippen LogP contribution >= 0.6 is 0 Å². The Balaban J connectivity index is 1.64. The van der Waals surface area contributed by atoms with Crippen molar-refractivity contribution in [3.63, 3.8) is 0 Å². The number of hydrogen-bond donors (Lipinski definition) is 1. The van der Waals surface area contributed by atoms with Crippen LogP contribution in [0.5, 0.6) is 0 Å². The van der Waals surface area contributed by atoms with Crippen LogP contribution in [-0.4, -0.2) is 29.9 Å². The van der Waals surface area contributed by atoms with Gasteiger partial charge in [0.25, 0.3) is 5.91 Å². The summed E-state index contributed by atoms with van der Waals surface area (Å²) in [6, 6.07) is 24.7. The second-order valence-electron chi connectivity index (χ2n) is 6.63. The van der Waals surface area contributed by atoms with E-state index in [9.17, 15) is 4.79 Å². The van der Waals surface area contributed by atoms with Crippen molar-refractivity contribution in [1.82, 2.24) is 10.2 Å². The molecule has 25 heavy (non-hydrogen) atoms. The second-order valence-corrected chi connectivity index (χ2v) is 6.63. The number of benzene rings is 3. The van der Waals surface area contributed by atoms with Crippen LogP contribution in [0.4, 0.5) is 0 Å². The van der Waals surface area contributed by atoms with E-state index >= 15 is 0 Å². The standard InChI is InChI=1S/C22H22N2O/c25-22(19-7-2-1-3-8-19)24(21-12-13-23-15-21)16-17-10-11-18-6-4-5-9-20(18)14-17/h1-11,14,21,23H,12-13,15-16H2/t21-/m0/s1. The summed E-state index contributed by atoms with van der Waals surface area (Å²) in [5.41, 5.74) is 1.94. The van der Waals surface area contributed by atoms with E-state index in [-0.39, 0.29) is 11.9 Å². The van der Waals surface area contributed by atoms with Gasteiger partial charge in [-0.15, -0.1) is 0 Å². The summed E-state index contributed by atoms with van der Waals surface area (Å²) < 4.78 is 0. The van der Waals surface area contributed by atoms with Crippen LogP contribution in [0.15, 0.2) is 72.8 Å². The van der Waals surface area contributed by atoms with Gasteiger partial charge in [-0.1, -0.05) is 54.6 Å². The molecule has 3 aromatic rings. The van der Waals surface area contributed by atoms with Crippen molar-refractivity contribution < 1.29 is 4.79 Å². The third kappa shape index (κ3) is 3.42. The molecule has 0 saturated carbocycles. The van der Waals surface area contributed by atoms with E-state index in [0.29, 0.717) is 6.54 Å². The summed E-state index contributed by atoms with van der Waals surface area (Å²) in [7, 11) is 0. The van der Waals surface area contributed by atoms with E-state index in [4.69, 9.17) is 0 Å². The average Bonchev–Trinajstić information content (AvgIpc) is 3.20. The maximum atomic E-state index is 13.1. The highest BCUT2D eigenvalue weighted by Crippen LogP contribution is 2.21. The van der Waals surface area contributed by atoms with Crippen molar-refractivity contribution in [2.45, 2.75) is 19.0 Å². The number of fused-ring (bicyclic) bond motifs is 1. The van der Waals surface area contributed by atoms with Crippen LogP contribution in [0.2, 0.25) is 0 Å². The van der Waals surface area contributed by atoms with E-state index < -0.39 is 0 Å². The van der Waals surface area contributed by atoms with Crippen LogP contribution < -0.4 is 5.32 Å². The highest BCUT2D eigenvalue weighted by molar-refractivity contribution is 5.94. The van der Waals surface area contributed by atoms with Crippen LogP contribution in [0.3, 0.4) is 0 Å². The molecule has 0 radical (unpaired) electrons. The van der Waals surface area contributed by atoms with E-state index in [0.717, 1.165) is 25.1 Å². The summed E-state index contributed by atoms with van der Waals surface area (Å²) in [6.45, 7) is 2.48. The first-order valence-electron chi connectivity index (χ1n) is 8.86. The molecule has 0 aromatic heterocycles. The lowest BCUT2D eigenvalue weighted by Crippen LogP contribution is -2.41. The normalized spacial score (nSPS) is 16.9. The Kier molecular flexibility index (Phi) is 4.49. The number of carbonyl (C=O) groups is 1. The van der Waals surface area contributed by atoms with E-state index in [2.05, 4.69) is 47.8 Å². The molecule has 1 heterocycles. The van der Waals surface area contributed by atoms with Gasteiger partial charge in [0.15, 0.2) is 0 Å². The van der Waals surface area contributed by atoms with Gasteiger partial charge < -0.3 is 10.2 Å². The van der Waals surface area contributed by atoms with Crippen LogP contribution in [0.25, 0.3) is 10.8 Å². The molecular weight excluding hydrogens is 308 g/mol. The van der Waals surface area contributed by atoms with Gasteiger partial charge in [-0.05, 0) is 47.5 Å². The minimum absolute atomic E-state index is 0.113. The molecule has 0 bridgehead atoms. The first-order valence-corrected chi connectivity index (χ1v) is 8.86. The minimum Gasteiger partial charge on any atom is -0.330 e. The fourth-order valence-electron chi connectivity index (χ4n) is 3.55. The quantitative estimate of drug-likeness (QED) is 0.788. The Bertz CT molecular complexity index is 869. The van der Waals surface area contributed by atoms with Gasteiger partial charge in [-0.3, -0.25) is 4.79 Å². The number of nitrogens with one attached hydrogen (secondary N) is 1. The topological polar surface area (TPSA) is 32.3 Å². The van der Waals surface area contributed by atoms with Gasteiger partial charge >= 0.3 is 0 Å². The van der Waals surface area contributed by atoms with Crippen LogP contribution in [0, 0.1) is 0 Å². The van der Waals surface area contributed by atoms with Crippen molar-refractivity contribution in [1.29, 1.82) is 0 Å². The molecule has 3 aromatic carbocycles. The lowest BCUT2D eigenvalue weighted by Gasteiger charge is -2.29. The van der Waals surface area contributed by atoms with Gasteiger partial charge in [-0.2, -0.15) is 0 Å². The molecule has 0 spiro atoms. The summed E-state index contributed by atoms with van der Waals surface area (Å²) in [6.07, 6.45) is 1.01. The molecule has 1 amide bonds. The molecule has 3 heteroatoms. The minimum atomic E-state index is 0.113. The van der Waals surface area contributed by atoms with Gasteiger partial charge in [0, 0.05) is 24.7 Å². The third-order valence-electron chi connectivity index (χ3n) is 4.92. The highest BCUT2D eigenvalue weighted by Gasteiger charge is 2.27. The molecular formula is C22H22N2O. The molecule has 1 atom stereocenters. The largest absolute Gasteiger partial charge is 0.330 e. The number of nitrogens with zero attached hydrogens (tertiary/aromatic N) is 1. The zero-order valence-corrected chi connectivity index (χ0v) is 14.2. The predicted molar refractivity (Wildman–Crippen MR) is 102 cm³/mol. The smallest absolute Gasteiger partial charge is 0.254 e. The lowest BCUT2D eigenvalue weighted by molar-refractivity contribution is 0.0676.